The molecule has 4 amide bonds. The number of rotatable bonds is 21. The van der Waals surface area contributed by atoms with E-state index in [0.717, 1.165) is 13.8 Å². The van der Waals surface area contributed by atoms with Crippen LogP contribution in [0.15, 0.2) is 111 Å². The molecule has 0 aliphatic carbocycles. The van der Waals surface area contributed by atoms with E-state index < -0.39 is 52.7 Å². The van der Waals surface area contributed by atoms with Crippen LogP contribution < -0.4 is 30.7 Å². The zero-order valence-electron chi connectivity index (χ0n) is 37.7. The molecule has 0 heterocycles. The average Bonchev–Trinajstić information content (AvgIpc) is 3.31. The predicted octanol–water partition coefficient (Wildman–Crippen LogP) is 12.4. The highest BCUT2D eigenvalue weighted by molar-refractivity contribution is 6.37. The van der Waals surface area contributed by atoms with E-state index in [2.05, 4.69) is 41.7 Å². The van der Waals surface area contributed by atoms with Crippen LogP contribution in [-0.4, -0.2) is 60.5 Å². The zero-order valence-corrected chi connectivity index (χ0v) is 41.4. The number of carbonyl (C=O) groups excluding carboxylic acids is 6. The number of hydrogen-bond donors (Lipinski definition) is 4. The number of nitrogens with zero attached hydrogens (tertiary/aromatic N) is 4. The van der Waals surface area contributed by atoms with Crippen molar-refractivity contribution >= 4 is 127 Å². The molecule has 4 N–H and O–H groups in total. The lowest BCUT2D eigenvalue weighted by Gasteiger charge is -2.17. The van der Waals surface area contributed by atoms with E-state index in [1.54, 1.807) is 57.2 Å². The maximum absolute atomic E-state index is 13.6. The molecule has 360 valence electrons. The van der Waals surface area contributed by atoms with Crippen molar-refractivity contribution in [2.24, 2.45) is 20.5 Å². The first-order valence-electron chi connectivity index (χ1n) is 21.1. The van der Waals surface area contributed by atoms with E-state index >= 15 is 0 Å². The van der Waals surface area contributed by atoms with Gasteiger partial charge in [0.1, 0.15) is 22.9 Å². The monoisotopic (exact) mass is 1040 g/mol. The van der Waals surface area contributed by atoms with Crippen LogP contribution in [0.1, 0.15) is 77.4 Å². The van der Waals surface area contributed by atoms with Gasteiger partial charge in [0.05, 0.1) is 51.1 Å². The highest BCUT2D eigenvalue weighted by atomic mass is 35.5. The minimum atomic E-state index is -1.66. The molecule has 0 fully saturated rings. The highest BCUT2D eigenvalue weighted by Crippen LogP contribution is 2.36. The van der Waals surface area contributed by atoms with Gasteiger partial charge in [-0.3, -0.25) is 28.8 Å². The molecule has 69 heavy (non-hydrogen) atoms. The number of para-hydroxylation sites is 2. The summed E-state index contributed by atoms with van der Waals surface area (Å²) in [6, 6.07) is 20.2. The van der Waals surface area contributed by atoms with Crippen molar-refractivity contribution in [1.82, 2.24) is 0 Å². The van der Waals surface area contributed by atoms with Gasteiger partial charge in [0.15, 0.2) is 11.6 Å². The third-order valence-electron chi connectivity index (χ3n) is 9.87. The standard InChI is InChI=1S/C48H45Cl5N8O8/c1-6-68-37-18-8-12-28(23-49)43(37)56-45(64)31-14-10-16-35(39(31)52)58-60-41(26(4)62)47(66)54-30-20-21-34(33(22-30)25(3)51)55-48(67)42(27(5)63)61-59-36-17-11-15-32(40(36)53)46(65)57-44-29(24-50)13-9-19-38(44)69-7-2/h8-22,25,41-42H,6-7,23-24H2,1-5H3,(H,54,66)(H,55,67)(H,56,64)(H,57,65). The fraction of sp³-hybridized carbons (Fsp3) is 0.250. The van der Waals surface area contributed by atoms with Crippen LogP contribution in [0.4, 0.5) is 34.1 Å². The lowest BCUT2D eigenvalue weighted by molar-refractivity contribution is -0.127. The number of ether oxygens (including phenoxy) is 2. The molecule has 0 saturated carbocycles. The Hall–Kier alpha value is -6.43. The fourth-order valence-corrected chi connectivity index (χ4v) is 7.61. The summed E-state index contributed by atoms with van der Waals surface area (Å²) < 4.78 is 11.3. The summed E-state index contributed by atoms with van der Waals surface area (Å²) in [5.74, 6) is -3.26. The van der Waals surface area contributed by atoms with E-state index in [0.29, 0.717) is 52.8 Å². The summed E-state index contributed by atoms with van der Waals surface area (Å²) in [6.45, 7) is 8.19. The van der Waals surface area contributed by atoms with Gasteiger partial charge in [0.2, 0.25) is 12.1 Å². The van der Waals surface area contributed by atoms with Crippen molar-refractivity contribution in [3.63, 3.8) is 0 Å². The lowest BCUT2D eigenvalue weighted by Crippen LogP contribution is -2.32. The van der Waals surface area contributed by atoms with Gasteiger partial charge in [-0.2, -0.15) is 20.5 Å². The van der Waals surface area contributed by atoms with Gasteiger partial charge in [0.25, 0.3) is 23.6 Å². The SMILES string of the molecule is CCOc1cccc(CCl)c1NC(=O)c1cccc(N=NC(C(C)=O)C(=O)Nc2ccc(NC(=O)C(N=Nc3cccc(C(=O)Nc4c(CCl)cccc4OCC)c3Cl)C(C)=O)c(C(C)Cl)c2)c1Cl. The van der Waals surface area contributed by atoms with E-state index in [9.17, 15) is 28.8 Å². The molecule has 5 rings (SSSR count). The van der Waals surface area contributed by atoms with Gasteiger partial charge < -0.3 is 30.7 Å². The Kier molecular flexibility index (Phi) is 19.6. The van der Waals surface area contributed by atoms with Crippen molar-refractivity contribution in [2.75, 3.05) is 34.5 Å². The molecule has 0 aliphatic rings. The van der Waals surface area contributed by atoms with Crippen molar-refractivity contribution in [2.45, 2.75) is 63.8 Å². The number of hydrogen-bond acceptors (Lipinski definition) is 12. The third kappa shape index (κ3) is 13.6. The molecular formula is C48H45Cl5N8O8. The molecule has 5 aromatic rings. The molecule has 5 aromatic carbocycles. The molecule has 0 radical (unpaired) electrons. The number of halogens is 5. The van der Waals surface area contributed by atoms with Gasteiger partial charge in [-0.1, -0.05) is 59.6 Å². The summed E-state index contributed by atoms with van der Waals surface area (Å²) in [4.78, 5) is 79.4. The fourth-order valence-electron chi connectivity index (χ4n) is 6.49. The number of alkyl halides is 3. The zero-order chi connectivity index (χ0) is 50.4. The molecular weight excluding hydrogens is 994 g/mol. The molecule has 3 unspecified atom stereocenters. The molecule has 21 heteroatoms. The summed E-state index contributed by atoms with van der Waals surface area (Å²) in [5, 5.41) is 26.0. The quantitative estimate of drug-likeness (QED) is 0.0314. The Morgan fingerprint density at radius 3 is 1.43 bits per heavy atom. The molecule has 0 aromatic heterocycles. The first kappa shape index (κ1) is 53.5. The maximum atomic E-state index is 13.6. The first-order valence-corrected chi connectivity index (χ1v) is 23.3. The van der Waals surface area contributed by atoms with Gasteiger partial charge in [0, 0.05) is 23.1 Å². The van der Waals surface area contributed by atoms with E-state index in [1.807, 2.05) is 0 Å². The molecule has 0 saturated heterocycles. The molecule has 16 nitrogen and oxygen atoms in total. The molecule has 0 spiro atoms. The number of carbonyl (C=O) groups is 6. The van der Waals surface area contributed by atoms with Gasteiger partial charge in [-0.05, 0) is 106 Å². The average molecular weight is 1040 g/mol. The van der Waals surface area contributed by atoms with Crippen molar-refractivity contribution in [1.29, 1.82) is 0 Å². The number of Topliss-reactive ketones (excluding diaryl/α,β-unsaturated/α-hetero) is 2. The minimum absolute atomic E-state index is 0.00122. The maximum Gasteiger partial charge on any atom is 0.258 e. The summed E-state index contributed by atoms with van der Waals surface area (Å²) in [5.41, 5.74) is 2.68. The second-order valence-electron chi connectivity index (χ2n) is 14.8. The summed E-state index contributed by atoms with van der Waals surface area (Å²) in [7, 11) is 0. The van der Waals surface area contributed by atoms with Crippen molar-refractivity contribution in [3.8, 4) is 11.5 Å². The Morgan fingerprint density at radius 1 is 0.594 bits per heavy atom. The van der Waals surface area contributed by atoms with E-state index in [4.69, 9.17) is 67.5 Å². The van der Waals surface area contributed by atoms with Gasteiger partial charge in [-0.15, -0.1) is 34.8 Å². The highest BCUT2D eigenvalue weighted by Gasteiger charge is 2.28. The minimum Gasteiger partial charge on any atom is -0.492 e. The Balaban J connectivity index is 1.30. The number of amides is 4. The Morgan fingerprint density at radius 2 is 1.03 bits per heavy atom. The predicted molar refractivity (Wildman–Crippen MR) is 269 cm³/mol. The van der Waals surface area contributed by atoms with Crippen molar-refractivity contribution < 1.29 is 38.2 Å². The van der Waals surface area contributed by atoms with Crippen LogP contribution in [0.5, 0.6) is 11.5 Å². The van der Waals surface area contributed by atoms with Crippen LogP contribution in [0.2, 0.25) is 10.0 Å². The number of azo groups is 2. The van der Waals surface area contributed by atoms with Crippen LogP contribution >= 0.6 is 58.0 Å². The number of nitrogens with one attached hydrogen (secondary N) is 4. The number of ketones is 2. The second-order valence-corrected chi connectivity index (χ2v) is 16.7. The van der Waals surface area contributed by atoms with Gasteiger partial charge >= 0.3 is 0 Å². The van der Waals surface area contributed by atoms with Crippen LogP contribution in [0, 0.1) is 0 Å². The summed E-state index contributed by atoms with van der Waals surface area (Å²) >= 11 is 32.0. The van der Waals surface area contributed by atoms with Crippen molar-refractivity contribution in [3.05, 3.63) is 129 Å². The number of benzene rings is 5. The third-order valence-corrected chi connectivity index (χ3v) is 11.5. The Labute approximate surface area is 422 Å². The smallest absolute Gasteiger partial charge is 0.258 e. The van der Waals surface area contributed by atoms with Crippen LogP contribution in [0.3, 0.4) is 0 Å². The van der Waals surface area contributed by atoms with E-state index in [1.165, 1.54) is 54.6 Å². The van der Waals surface area contributed by atoms with Crippen LogP contribution in [-0.2, 0) is 30.9 Å². The lowest BCUT2D eigenvalue weighted by atomic mass is 10.1. The molecule has 0 aliphatic heterocycles. The largest absolute Gasteiger partial charge is 0.492 e. The summed E-state index contributed by atoms with van der Waals surface area (Å²) in [6.07, 6.45) is 0. The van der Waals surface area contributed by atoms with E-state index in [-0.39, 0.29) is 55.7 Å². The molecule has 3 atom stereocenters. The molecule has 0 bridgehead atoms. The first-order chi connectivity index (χ1) is 33.0. The Bertz CT molecular complexity index is 2820. The topological polar surface area (TPSA) is 218 Å². The second kappa shape index (κ2) is 25.3. The normalized spacial score (nSPS) is 12.5. The van der Waals surface area contributed by atoms with Crippen LogP contribution in [0.25, 0.3) is 0 Å². The van der Waals surface area contributed by atoms with Gasteiger partial charge in [-0.25, -0.2) is 0 Å². The number of anilines is 4.